The molecule has 4 aromatic rings. The van der Waals surface area contributed by atoms with E-state index in [0.717, 1.165) is 36.0 Å². The normalized spacial score (nSPS) is 14.4. The van der Waals surface area contributed by atoms with Gasteiger partial charge in [0.2, 0.25) is 0 Å². The largest absolute Gasteiger partial charge is 0.368 e. The van der Waals surface area contributed by atoms with Crippen LogP contribution in [0.4, 0.5) is 10.1 Å². The van der Waals surface area contributed by atoms with E-state index in [2.05, 4.69) is 34.6 Å². The number of carbonyl (C=O) groups excluding carboxylic acids is 1. The number of carbonyl (C=O) groups is 1. The summed E-state index contributed by atoms with van der Waals surface area (Å²) in [6.45, 7) is 5.65. The van der Waals surface area contributed by atoms with Gasteiger partial charge in [-0.25, -0.2) is 9.37 Å². The molecule has 0 N–H and O–H groups in total. The van der Waals surface area contributed by atoms with Gasteiger partial charge in [0.15, 0.2) is 0 Å². The summed E-state index contributed by atoms with van der Waals surface area (Å²) in [6, 6.07) is 17.0. The number of aryl methyl sites for hydroxylation is 1. The second kappa shape index (κ2) is 8.15. The van der Waals surface area contributed by atoms with Gasteiger partial charge in [0, 0.05) is 54.7 Å². The van der Waals surface area contributed by atoms with Crippen LogP contribution in [0.25, 0.3) is 21.6 Å². The molecule has 1 aliphatic heterocycles. The molecule has 0 atom stereocenters. The lowest BCUT2D eigenvalue weighted by atomic mass is 10.2. The molecule has 1 saturated heterocycles. The van der Waals surface area contributed by atoms with Crippen LogP contribution >= 0.6 is 11.3 Å². The number of aromatic nitrogens is 2. The lowest BCUT2D eigenvalue weighted by molar-refractivity contribution is 0.0742. The molecule has 3 heterocycles. The van der Waals surface area contributed by atoms with Crippen molar-refractivity contribution in [3.8, 4) is 10.7 Å². The molecule has 7 heteroatoms. The van der Waals surface area contributed by atoms with Crippen molar-refractivity contribution in [3.63, 3.8) is 0 Å². The fraction of sp³-hybridized carbons (Fsp3) is 0.250. The first kappa shape index (κ1) is 19.8. The number of piperazine rings is 1. The van der Waals surface area contributed by atoms with Gasteiger partial charge < -0.3 is 14.4 Å². The van der Waals surface area contributed by atoms with E-state index in [1.807, 2.05) is 22.4 Å². The third-order valence-corrected chi connectivity index (χ3v) is 6.69. The van der Waals surface area contributed by atoms with E-state index in [4.69, 9.17) is 4.98 Å². The van der Waals surface area contributed by atoms with Crippen LogP contribution in [0.1, 0.15) is 17.4 Å². The zero-order chi connectivity index (χ0) is 21.4. The van der Waals surface area contributed by atoms with Crippen molar-refractivity contribution >= 4 is 33.8 Å². The van der Waals surface area contributed by atoms with Gasteiger partial charge in [-0.05, 0) is 43.3 Å². The van der Waals surface area contributed by atoms with E-state index in [1.54, 1.807) is 12.1 Å². The number of hydrogen-bond donors (Lipinski definition) is 0. The molecule has 1 fully saturated rings. The minimum Gasteiger partial charge on any atom is -0.368 e. The van der Waals surface area contributed by atoms with Crippen molar-refractivity contribution in [2.45, 2.75) is 13.5 Å². The predicted octanol–water partition coefficient (Wildman–Crippen LogP) is 4.89. The fourth-order valence-corrected chi connectivity index (χ4v) is 5.02. The number of anilines is 1. The summed E-state index contributed by atoms with van der Waals surface area (Å²) >= 11 is 1.51. The molecule has 0 bridgehead atoms. The van der Waals surface area contributed by atoms with Crippen molar-refractivity contribution < 1.29 is 9.18 Å². The van der Waals surface area contributed by atoms with Crippen LogP contribution in [0, 0.1) is 5.82 Å². The minimum atomic E-state index is -0.237. The molecule has 2 aromatic heterocycles. The molecule has 1 amide bonds. The van der Waals surface area contributed by atoms with Gasteiger partial charge in [0.05, 0.1) is 5.69 Å². The molecule has 5 rings (SSSR count). The quantitative estimate of drug-likeness (QED) is 0.459. The highest BCUT2D eigenvalue weighted by molar-refractivity contribution is 7.13. The smallest absolute Gasteiger partial charge is 0.273 e. The highest BCUT2D eigenvalue weighted by atomic mass is 32.1. The van der Waals surface area contributed by atoms with Gasteiger partial charge in [-0.2, -0.15) is 0 Å². The zero-order valence-electron chi connectivity index (χ0n) is 17.3. The maximum Gasteiger partial charge on any atom is 0.273 e. The first-order valence-corrected chi connectivity index (χ1v) is 11.4. The number of thiazole rings is 1. The number of amides is 1. The van der Waals surface area contributed by atoms with Crippen LogP contribution in [0.5, 0.6) is 0 Å². The van der Waals surface area contributed by atoms with E-state index in [0.29, 0.717) is 18.8 Å². The van der Waals surface area contributed by atoms with E-state index in [-0.39, 0.29) is 11.7 Å². The Morgan fingerprint density at radius 2 is 1.81 bits per heavy atom. The molecule has 5 nitrogen and oxygen atoms in total. The standard InChI is InChI=1S/C24H23FN4OS/c1-2-29-21-6-4-3-5-17(21)15-22(29)23-26-20(16-31-23)24(30)28-13-11-27(12-14-28)19-9-7-18(25)8-10-19/h3-10,15-16H,2,11-14H2,1H3. The molecule has 0 saturated carbocycles. The van der Waals surface area contributed by atoms with Gasteiger partial charge in [0.25, 0.3) is 5.91 Å². The third kappa shape index (κ3) is 3.70. The molecular formula is C24H23FN4OS. The van der Waals surface area contributed by atoms with Crippen molar-refractivity contribution in [2.75, 3.05) is 31.1 Å². The van der Waals surface area contributed by atoms with E-state index in [9.17, 15) is 9.18 Å². The summed E-state index contributed by atoms with van der Waals surface area (Å²) in [7, 11) is 0. The summed E-state index contributed by atoms with van der Waals surface area (Å²) in [5.41, 5.74) is 3.72. The predicted molar refractivity (Wildman–Crippen MR) is 123 cm³/mol. The Morgan fingerprint density at radius 1 is 1.06 bits per heavy atom. The molecule has 0 radical (unpaired) electrons. The van der Waals surface area contributed by atoms with Crippen molar-refractivity contribution in [1.82, 2.24) is 14.5 Å². The van der Waals surface area contributed by atoms with Gasteiger partial charge in [-0.3, -0.25) is 4.79 Å². The van der Waals surface area contributed by atoms with Crippen molar-refractivity contribution in [1.29, 1.82) is 0 Å². The topological polar surface area (TPSA) is 41.4 Å². The Bertz CT molecular complexity index is 1220. The number of halogens is 1. The maximum absolute atomic E-state index is 13.2. The van der Waals surface area contributed by atoms with Crippen LogP contribution < -0.4 is 4.90 Å². The van der Waals surface area contributed by atoms with Gasteiger partial charge >= 0.3 is 0 Å². The molecule has 1 aliphatic rings. The first-order chi connectivity index (χ1) is 15.1. The Hall–Kier alpha value is -3.19. The number of hydrogen-bond acceptors (Lipinski definition) is 4. The summed E-state index contributed by atoms with van der Waals surface area (Å²) in [6.07, 6.45) is 0. The number of fused-ring (bicyclic) bond motifs is 1. The lowest BCUT2D eigenvalue weighted by Gasteiger charge is -2.35. The minimum absolute atomic E-state index is 0.0274. The molecule has 158 valence electrons. The Kier molecular flexibility index (Phi) is 5.19. The zero-order valence-corrected chi connectivity index (χ0v) is 18.1. The first-order valence-electron chi connectivity index (χ1n) is 10.5. The highest BCUT2D eigenvalue weighted by Crippen LogP contribution is 2.31. The van der Waals surface area contributed by atoms with Crippen LogP contribution in [-0.4, -0.2) is 46.5 Å². The van der Waals surface area contributed by atoms with E-state index in [1.165, 1.54) is 34.4 Å². The summed E-state index contributed by atoms with van der Waals surface area (Å²) in [5, 5.41) is 3.91. The molecular weight excluding hydrogens is 411 g/mol. The van der Waals surface area contributed by atoms with Gasteiger partial charge in [0.1, 0.15) is 16.5 Å². The average molecular weight is 435 g/mol. The summed E-state index contributed by atoms with van der Waals surface area (Å²) < 4.78 is 15.4. The maximum atomic E-state index is 13.2. The fourth-order valence-electron chi connectivity index (χ4n) is 4.20. The van der Waals surface area contributed by atoms with Gasteiger partial charge in [-0.1, -0.05) is 18.2 Å². The van der Waals surface area contributed by atoms with E-state index >= 15 is 0 Å². The van der Waals surface area contributed by atoms with Crippen LogP contribution in [-0.2, 0) is 6.54 Å². The summed E-state index contributed by atoms with van der Waals surface area (Å²) in [5.74, 6) is -0.264. The summed E-state index contributed by atoms with van der Waals surface area (Å²) in [4.78, 5) is 21.8. The van der Waals surface area contributed by atoms with Crippen molar-refractivity contribution in [3.05, 3.63) is 71.5 Å². The second-order valence-electron chi connectivity index (χ2n) is 7.63. The molecule has 31 heavy (non-hydrogen) atoms. The van der Waals surface area contributed by atoms with E-state index < -0.39 is 0 Å². The number of nitrogens with zero attached hydrogens (tertiary/aromatic N) is 4. The molecule has 0 unspecified atom stereocenters. The third-order valence-electron chi connectivity index (χ3n) is 5.83. The molecule has 0 aliphatic carbocycles. The number of benzene rings is 2. The van der Waals surface area contributed by atoms with Crippen molar-refractivity contribution in [2.24, 2.45) is 0 Å². The molecule has 0 spiro atoms. The molecule has 2 aromatic carbocycles. The monoisotopic (exact) mass is 434 g/mol. The SMILES string of the molecule is CCn1c(-c2nc(C(=O)N3CCN(c4ccc(F)cc4)CC3)cs2)cc2ccccc21. The second-order valence-corrected chi connectivity index (χ2v) is 8.48. The van der Waals surface area contributed by atoms with Gasteiger partial charge in [-0.15, -0.1) is 11.3 Å². The highest BCUT2D eigenvalue weighted by Gasteiger charge is 2.25. The Balaban J connectivity index is 1.31. The van der Waals surface area contributed by atoms with Crippen LogP contribution in [0.2, 0.25) is 0 Å². The number of para-hydroxylation sites is 1. The average Bonchev–Trinajstić information content (AvgIpc) is 3.44. The Morgan fingerprint density at radius 3 is 2.55 bits per heavy atom. The van der Waals surface area contributed by atoms with Crippen LogP contribution in [0.15, 0.2) is 60.0 Å². The number of rotatable bonds is 4. The van der Waals surface area contributed by atoms with Crippen LogP contribution in [0.3, 0.4) is 0 Å². The Labute approximate surface area is 184 Å². The lowest BCUT2D eigenvalue weighted by Crippen LogP contribution is -2.48.